The molecule has 0 spiro atoms. The number of rotatable bonds is 27. The zero-order valence-electron chi connectivity index (χ0n) is 26.4. The third-order valence-corrected chi connectivity index (χ3v) is 7.77. The first kappa shape index (κ1) is 40.5. The van der Waals surface area contributed by atoms with Crippen LogP contribution in [0.15, 0.2) is 0 Å². The van der Waals surface area contributed by atoms with E-state index in [0.717, 1.165) is 70.8 Å². The van der Waals surface area contributed by atoms with Crippen molar-refractivity contribution in [2.24, 2.45) is 5.41 Å². The summed E-state index contributed by atoms with van der Waals surface area (Å²) >= 11 is 0. The third kappa shape index (κ3) is 17.8. The van der Waals surface area contributed by atoms with Gasteiger partial charge >= 0.3 is 0 Å². The van der Waals surface area contributed by atoms with Crippen LogP contribution in [-0.2, 0) is 33.7 Å². The first-order valence-electron chi connectivity index (χ1n) is 15.8. The molecule has 0 aromatic rings. The highest BCUT2D eigenvalue weighted by atomic mass is 17.1. The van der Waals surface area contributed by atoms with Crippen molar-refractivity contribution in [1.82, 2.24) is 16.1 Å². The van der Waals surface area contributed by atoms with E-state index in [1.807, 2.05) is 0 Å². The Bertz CT molecular complexity index is 740. The summed E-state index contributed by atoms with van der Waals surface area (Å²) in [6.07, 6.45) is 4.74. The molecule has 0 saturated carbocycles. The lowest BCUT2D eigenvalue weighted by atomic mass is 9.77. The number of nitrogens with one attached hydrogen (secondary N) is 3. The summed E-state index contributed by atoms with van der Waals surface area (Å²) in [5.41, 5.74) is 3.07. The molecular weight excluding hydrogens is 582 g/mol. The van der Waals surface area contributed by atoms with Crippen molar-refractivity contribution < 1.29 is 59.5 Å². The molecule has 0 radical (unpaired) electrons. The van der Waals surface area contributed by atoms with Crippen molar-refractivity contribution in [1.29, 1.82) is 0 Å². The van der Waals surface area contributed by atoms with Crippen LogP contribution in [0.25, 0.3) is 0 Å². The van der Waals surface area contributed by atoms with Crippen molar-refractivity contribution >= 4 is 11.8 Å². The standard InChI is InChI=1S/C29H57N3O12/c1-22(34)32-25-27(37)26(36)23(21-33)44-28(25)40-17-7-11-24(35)30-15-5-3-4-6-16-31-41-18-8-12-29(2,13-9-19-42-38)14-10-20-43-39/h23,25-28,31,33,36-39H,3-21H2,1-2H3,(H,30,35)(H,32,34). The number of unbranched alkanes of at least 4 members (excludes halogenated alkanes) is 3. The molecule has 0 aromatic heterocycles. The molecule has 15 nitrogen and oxygen atoms in total. The van der Waals surface area contributed by atoms with E-state index in [-0.39, 0.29) is 24.3 Å². The average molecular weight is 640 g/mol. The van der Waals surface area contributed by atoms with Gasteiger partial charge in [-0.3, -0.25) is 20.1 Å². The number of carbonyl (C=O) groups is 2. The van der Waals surface area contributed by atoms with Gasteiger partial charge in [0, 0.05) is 26.4 Å². The van der Waals surface area contributed by atoms with E-state index >= 15 is 0 Å². The van der Waals surface area contributed by atoms with Crippen LogP contribution < -0.4 is 16.1 Å². The molecule has 1 aliphatic heterocycles. The van der Waals surface area contributed by atoms with Crippen molar-refractivity contribution in [2.75, 3.05) is 46.1 Å². The fourth-order valence-electron chi connectivity index (χ4n) is 5.25. The van der Waals surface area contributed by atoms with Crippen molar-refractivity contribution in [3.8, 4) is 0 Å². The second kappa shape index (κ2) is 24.7. The second-order valence-corrected chi connectivity index (χ2v) is 11.7. The SMILES string of the molecule is CC(=O)NC1C(OCCCC(=O)NCCCCCCNOCCCC(C)(CCCOO)CCCOO)OC(CO)C(O)C1O. The average Bonchev–Trinajstić information content (AvgIpc) is 2.99. The maximum atomic E-state index is 12.1. The molecule has 1 heterocycles. The molecule has 1 saturated heterocycles. The minimum absolute atomic E-state index is 0.0619. The Balaban J connectivity index is 2.07. The van der Waals surface area contributed by atoms with E-state index in [1.165, 1.54) is 6.92 Å². The van der Waals surface area contributed by atoms with Crippen LogP contribution in [0.2, 0.25) is 0 Å². The first-order chi connectivity index (χ1) is 21.2. The van der Waals surface area contributed by atoms with Crippen LogP contribution in [0.1, 0.15) is 90.9 Å². The van der Waals surface area contributed by atoms with Crippen LogP contribution in [0.5, 0.6) is 0 Å². The minimum atomic E-state index is -1.37. The number of carbonyl (C=O) groups excluding carboxylic acids is 2. The number of aliphatic hydroxyl groups excluding tert-OH is 3. The Morgan fingerprint density at radius 2 is 1.43 bits per heavy atom. The number of hydrogen-bond donors (Lipinski definition) is 8. The number of aliphatic hydroxyl groups is 3. The van der Waals surface area contributed by atoms with Gasteiger partial charge in [-0.25, -0.2) is 15.3 Å². The lowest BCUT2D eigenvalue weighted by Crippen LogP contribution is -2.64. The summed E-state index contributed by atoms with van der Waals surface area (Å²) in [6, 6.07) is -1.00. The molecule has 0 bridgehead atoms. The molecule has 1 rings (SSSR count). The highest BCUT2D eigenvalue weighted by molar-refractivity contribution is 5.75. The van der Waals surface area contributed by atoms with Gasteiger partial charge in [-0.15, -0.1) is 0 Å². The quantitative estimate of drug-likeness (QED) is 0.0361. The highest BCUT2D eigenvalue weighted by Gasteiger charge is 2.45. The Morgan fingerprint density at radius 1 is 0.818 bits per heavy atom. The summed E-state index contributed by atoms with van der Waals surface area (Å²) in [5, 5.41) is 52.2. The van der Waals surface area contributed by atoms with Gasteiger partial charge in [-0.1, -0.05) is 19.8 Å². The fraction of sp³-hybridized carbons (Fsp3) is 0.931. The zero-order valence-corrected chi connectivity index (χ0v) is 26.4. The molecule has 44 heavy (non-hydrogen) atoms. The molecule has 8 N–H and O–H groups in total. The van der Waals surface area contributed by atoms with Crippen LogP contribution in [0, 0.1) is 5.41 Å². The molecule has 5 unspecified atom stereocenters. The smallest absolute Gasteiger partial charge is 0.220 e. The maximum Gasteiger partial charge on any atom is 0.220 e. The predicted octanol–water partition coefficient (Wildman–Crippen LogP) is 1.25. The van der Waals surface area contributed by atoms with Gasteiger partial charge in [-0.2, -0.15) is 0 Å². The molecule has 15 heteroatoms. The Kier molecular flexibility index (Phi) is 22.7. The van der Waals surface area contributed by atoms with Crippen molar-refractivity contribution in [3.05, 3.63) is 0 Å². The van der Waals surface area contributed by atoms with Gasteiger partial charge in [-0.05, 0) is 63.2 Å². The Labute approximate surface area is 260 Å². The summed E-state index contributed by atoms with van der Waals surface area (Å²) in [6.45, 7) is 5.60. The minimum Gasteiger partial charge on any atom is -0.394 e. The van der Waals surface area contributed by atoms with E-state index < -0.39 is 43.2 Å². The zero-order chi connectivity index (χ0) is 32.6. The number of ether oxygens (including phenoxy) is 2. The fourth-order valence-corrected chi connectivity index (χ4v) is 5.25. The van der Waals surface area contributed by atoms with E-state index in [1.54, 1.807) is 0 Å². The molecule has 2 amide bonds. The van der Waals surface area contributed by atoms with E-state index in [4.69, 9.17) is 24.8 Å². The summed E-state index contributed by atoms with van der Waals surface area (Å²) in [4.78, 5) is 37.5. The van der Waals surface area contributed by atoms with Crippen LogP contribution >= 0.6 is 0 Å². The van der Waals surface area contributed by atoms with E-state index in [0.29, 0.717) is 32.8 Å². The second-order valence-electron chi connectivity index (χ2n) is 11.7. The molecule has 1 fully saturated rings. The lowest BCUT2D eigenvalue weighted by molar-refractivity contribution is -0.270. The monoisotopic (exact) mass is 639 g/mol. The van der Waals surface area contributed by atoms with Crippen LogP contribution in [0.4, 0.5) is 0 Å². The lowest BCUT2D eigenvalue weighted by Gasteiger charge is -2.42. The van der Waals surface area contributed by atoms with Crippen molar-refractivity contribution in [2.45, 2.75) is 122 Å². The molecule has 1 aliphatic rings. The number of hydrogen-bond acceptors (Lipinski definition) is 13. The van der Waals surface area contributed by atoms with Gasteiger partial charge in [0.1, 0.15) is 24.4 Å². The predicted molar refractivity (Wildman–Crippen MR) is 159 cm³/mol. The Hall–Kier alpha value is -1.50. The highest BCUT2D eigenvalue weighted by Crippen LogP contribution is 2.34. The van der Waals surface area contributed by atoms with E-state index in [2.05, 4.69) is 32.8 Å². The van der Waals surface area contributed by atoms with Gasteiger partial charge < -0.3 is 40.3 Å². The van der Waals surface area contributed by atoms with Gasteiger partial charge in [0.2, 0.25) is 11.8 Å². The van der Waals surface area contributed by atoms with E-state index in [9.17, 15) is 24.9 Å². The molecule has 0 aliphatic carbocycles. The van der Waals surface area contributed by atoms with Gasteiger partial charge in [0.05, 0.1) is 33.0 Å². The normalized spacial score (nSPS) is 22.2. The third-order valence-electron chi connectivity index (χ3n) is 7.77. The van der Waals surface area contributed by atoms with Gasteiger partial charge in [0.25, 0.3) is 0 Å². The summed E-state index contributed by atoms with van der Waals surface area (Å²) in [7, 11) is 0. The topological polar surface area (TPSA) is 218 Å². The summed E-state index contributed by atoms with van der Waals surface area (Å²) in [5.74, 6) is -0.532. The van der Waals surface area contributed by atoms with Crippen LogP contribution in [-0.4, -0.2) is 114 Å². The van der Waals surface area contributed by atoms with Gasteiger partial charge in [0.15, 0.2) is 6.29 Å². The molecule has 260 valence electrons. The first-order valence-corrected chi connectivity index (χ1v) is 15.8. The molecular formula is C29H57N3O12. The maximum absolute atomic E-state index is 12.1. The molecule has 5 atom stereocenters. The summed E-state index contributed by atoms with van der Waals surface area (Å²) < 4.78 is 11.1. The van der Waals surface area contributed by atoms with Crippen LogP contribution in [0.3, 0.4) is 0 Å². The molecule has 0 aromatic carbocycles. The number of hydroxylamine groups is 1. The Morgan fingerprint density at radius 3 is 2.02 bits per heavy atom. The largest absolute Gasteiger partial charge is 0.394 e. The number of amides is 2. The van der Waals surface area contributed by atoms with Crippen molar-refractivity contribution in [3.63, 3.8) is 0 Å².